The molecular formula is C19H19N3O3S. The number of benzene rings is 2. The standard InChI is InChI=1S/C19H19N3O3S/c1-3-12-20-17(23)13-8-4-6-10-15(13)21-19(26)22-18(24)14-9-5-7-11-16(14)25-2/h3-11H,1,12H2,2H3,(H,20,23)(H2,21,22,24,26). The van der Waals surface area contributed by atoms with Crippen molar-refractivity contribution in [2.24, 2.45) is 0 Å². The summed E-state index contributed by atoms with van der Waals surface area (Å²) in [5.41, 5.74) is 1.25. The van der Waals surface area contributed by atoms with E-state index in [-0.39, 0.29) is 11.0 Å². The number of ether oxygens (including phenoxy) is 1. The Bertz CT molecular complexity index is 836. The van der Waals surface area contributed by atoms with Gasteiger partial charge in [0, 0.05) is 6.54 Å². The van der Waals surface area contributed by atoms with Crippen molar-refractivity contribution in [1.29, 1.82) is 0 Å². The Hall–Kier alpha value is -3.19. The van der Waals surface area contributed by atoms with Crippen molar-refractivity contribution in [1.82, 2.24) is 10.6 Å². The van der Waals surface area contributed by atoms with E-state index in [1.807, 2.05) is 0 Å². The third-order valence-electron chi connectivity index (χ3n) is 3.41. The SMILES string of the molecule is C=CCNC(=O)c1ccccc1NC(=S)NC(=O)c1ccccc1OC. The van der Waals surface area contributed by atoms with Crippen LogP contribution in [0.5, 0.6) is 5.75 Å². The molecule has 26 heavy (non-hydrogen) atoms. The van der Waals surface area contributed by atoms with Gasteiger partial charge in [-0.2, -0.15) is 0 Å². The van der Waals surface area contributed by atoms with Gasteiger partial charge in [0.05, 0.1) is 23.9 Å². The normalized spacial score (nSPS) is 9.73. The zero-order valence-electron chi connectivity index (χ0n) is 14.2. The summed E-state index contributed by atoms with van der Waals surface area (Å²) < 4.78 is 5.17. The van der Waals surface area contributed by atoms with E-state index in [1.165, 1.54) is 7.11 Å². The van der Waals surface area contributed by atoms with Crippen molar-refractivity contribution in [2.75, 3.05) is 19.0 Å². The van der Waals surface area contributed by atoms with Gasteiger partial charge >= 0.3 is 0 Å². The van der Waals surface area contributed by atoms with E-state index in [9.17, 15) is 9.59 Å². The third-order valence-corrected chi connectivity index (χ3v) is 3.61. The number of methoxy groups -OCH3 is 1. The minimum absolute atomic E-state index is 0.0740. The molecule has 0 aliphatic rings. The molecule has 7 heteroatoms. The summed E-state index contributed by atoms with van der Waals surface area (Å²) >= 11 is 5.19. The van der Waals surface area contributed by atoms with Crippen molar-refractivity contribution in [3.63, 3.8) is 0 Å². The monoisotopic (exact) mass is 369 g/mol. The predicted molar refractivity (Wildman–Crippen MR) is 106 cm³/mol. The largest absolute Gasteiger partial charge is 0.496 e. The highest BCUT2D eigenvalue weighted by molar-refractivity contribution is 7.80. The van der Waals surface area contributed by atoms with E-state index < -0.39 is 5.91 Å². The lowest BCUT2D eigenvalue weighted by atomic mass is 10.1. The molecule has 0 heterocycles. The molecule has 2 amide bonds. The van der Waals surface area contributed by atoms with Crippen LogP contribution in [0, 0.1) is 0 Å². The average Bonchev–Trinajstić information content (AvgIpc) is 2.66. The second kappa shape index (κ2) is 9.33. The molecule has 0 bridgehead atoms. The van der Waals surface area contributed by atoms with Gasteiger partial charge in [0.25, 0.3) is 11.8 Å². The van der Waals surface area contributed by atoms with Gasteiger partial charge in [-0.15, -0.1) is 6.58 Å². The second-order valence-electron chi connectivity index (χ2n) is 5.15. The maximum atomic E-state index is 12.4. The van der Waals surface area contributed by atoms with Crippen LogP contribution in [0.4, 0.5) is 5.69 Å². The number of anilines is 1. The van der Waals surface area contributed by atoms with Crippen molar-refractivity contribution in [3.05, 3.63) is 72.3 Å². The summed E-state index contributed by atoms with van der Waals surface area (Å²) in [6.45, 7) is 3.91. The van der Waals surface area contributed by atoms with Crippen LogP contribution in [-0.4, -0.2) is 30.6 Å². The molecule has 0 fully saturated rings. The number of amides is 2. The van der Waals surface area contributed by atoms with Crippen molar-refractivity contribution in [3.8, 4) is 5.75 Å². The van der Waals surface area contributed by atoms with Gasteiger partial charge in [0.2, 0.25) is 0 Å². The van der Waals surface area contributed by atoms with Crippen LogP contribution < -0.4 is 20.7 Å². The van der Waals surface area contributed by atoms with Gasteiger partial charge in [-0.25, -0.2) is 0 Å². The number of thiocarbonyl (C=S) groups is 1. The average molecular weight is 369 g/mol. The molecule has 0 radical (unpaired) electrons. The van der Waals surface area contributed by atoms with Gasteiger partial charge in [-0.1, -0.05) is 30.3 Å². The zero-order valence-corrected chi connectivity index (χ0v) is 15.1. The lowest BCUT2D eigenvalue weighted by molar-refractivity contribution is 0.0956. The van der Waals surface area contributed by atoms with Crippen LogP contribution in [0.15, 0.2) is 61.2 Å². The highest BCUT2D eigenvalue weighted by atomic mass is 32.1. The van der Waals surface area contributed by atoms with Crippen LogP contribution in [0.25, 0.3) is 0 Å². The first-order valence-electron chi connectivity index (χ1n) is 7.80. The quantitative estimate of drug-likeness (QED) is 0.539. The molecule has 0 aliphatic heterocycles. The number of para-hydroxylation sites is 2. The topological polar surface area (TPSA) is 79.5 Å². The molecule has 0 saturated heterocycles. The molecule has 0 saturated carbocycles. The Labute approximate surface area is 157 Å². The van der Waals surface area contributed by atoms with Gasteiger partial charge < -0.3 is 15.4 Å². The molecule has 0 spiro atoms. The Morgan fingerprint density at radius 3 is 2.42 bits per heavy atom. The molecule has 2 aromatic rings. The first-order valence-corrected chi connectivity index (χ1v) is 8.21. The molecule has 2 rings (SSSR count). The number of hydrogen-bond donors (Lipinski definition) is 3. The van der Waals surface area contributed by atoms with Gasteiger partial charge in [-0.05, 0) is 36.5 Å². The fourth-order valence-corrected chi connectivity index (χ4v) is 2.41. The Morgan fingerprint density at radius 2 is 1.73 bits per heavy atom. The molecular weight excluding hydrogens is 350 g/mol. The molecule has 134 valence electrons. The van der Waals surface area contributed by atoms with Gasteiger partial charge in [0.15, 0.2) is 5.11 Å². The minimum atomic E-state index is -0.409. The Kier molecular flexibility index (Phi) is 6.87. The molecule has 3 N–H and O–H groups in total. The van der Waals surface area contributed by atoms with Crippen LogP contribution in [0.1, 0.15) is 20.7 Å². The first kappa shape index (κ1) is 19.1. The van der Waals surface area contributed by atoms with Crippen molar-refractivity contribution < 1.29 is 14.3 Å². The lowest BCUT2D eigenvalue weighted by Crippen LogP contribution is -2.35. The van der Waals surface area contributed by atoms with E-state index in [0.717, 1.165) is 0 Å². The zero-order chi connectivity index (χ0) is 18.9. The lowest BCUT2D eigenvalue weighted by Gasteiger charge is -2.14. The summed E-state index contributed by atoms with van der Waals surface area (Å²) in [6, 6.07) is 13.7. The van der Waals surface area contributed by atoms with E-state index in [1.54, 1.807) is 54.6 Å². The van der Waals surface area contributed by atoms with Crippen molar-refractivity contribution in [2.45, 2.75) is 0 Å². The first-order chi connectivity index (χ1) is 12.6. The summed E-state index contributed by atoms with van der Waals surface area (Å²) in [4.78, 5) is 24.6. The number of rotatable bonds is 6. The molecule has 0 atom stereocenters. The van der Waals surface area contributed by atoms with Crippen molar-refractivity contribution >= 4 is 34.8 Å². The van der Waals surface area contributed by atoms with Crippen LogP contribution in [0.2, 0.25) is 0 Å². The van der Waals surface area contributed by atoms with Gasteiger partial charge in [-0.3, -0.25) is 14.9 Å². The Balaban J connectivity index is 2.09. The fourth-order valence-electron chi connectivity index (χ4n) is 2.21. The summed E-state index contributed by atoms with van der Waals surface area (Å²) in [7, 11) is 1.49. The number of carbonyl (C=O) groups is 2. The summed E-state index contributed by atoms with van der Waals surface area (Å²) in [5, 5.41) is 8.23. The second-order valence-corrected chi connectivity index (χ2v) is 5.56. The maximum Gasteiger partial charge on any atom is 0.261 e. The third kappa shape index (κ3) is 4.90. The summed E-state index contributed by atoms with van der Waals surface area (Å²) in [6.07, 6.45) is 1.59. The van der Waals surface area contributed by atoms with E-state index in [4.69, 9.17) is 17.0 Å². The molecule has 0 aliphatic carbocycles. The smallest absolute Gasteiger partial charge is 0.261 e. The minimum Gasteiger partial charge on any atom is -0.496 e. The van der Waals surface area contributed by atoms with E-state index in [2.05, 4.69) is 22.5 Å². The van der Waals surface area contributed by atoms with Crippen LogP contribution in [-0.2, 0) is 0 Å². The molecule has 0 unspecified atom stereocenters. The van der Waals surface area contributed by atoms with Gasteiger partial charge in [0.1, 0.15) is 5.75 Å². The number of hydrogen-bond acceptors (Lipinski definition) is 4. The number of carbonyl (C=O) groups excluding carboxylic acids is 2. The van der Waals surface area contributed by atoms with Crippen LogP contribution in [0.3, 0.4) is 0 Å². The van der Waals surface area contributed by atoms with E-state index >= 15 is 0 Å². The highest BCUT2D eigenvalue weighted by Crippen LogP contribution is 2.18. The summed E-state index contributed by atoms with van der Waals surface area (Å²) in [5.74, 6) is -0.239. The fraction of sp³-hybridized carbons (Fsp3) is 0.105. The Morgan fingerprint density at radius 1 is 1.08 bits per heavy atom. The van der Waals surface area contributed by atoms with E-state index in [0.29, 0.717) is 29.1 Å². The molecule has 6 nitrogen and oxygen atoms in total. The highest BCUT2D eigenvalue weighted by Gasteiger charge is 2.15. The number of nitrogens with one attached hydrogen (secondary N) is 3. The predicted octanol–water partition coefficient (Wildman–Crippen LogP) is 2.74. The molecule has 0 aromatic heterocycles. The molecule has 2 aromatic carbocycles. The van der Waals surface area contributed by atoms with Crippen LogP contribution >= 0.6 is 12.2 Å². The maximum absolute atomic E-state index is 12.4.